The lowest BCUT2D eigenvalue weighted by atomic mass is 10.2. The molecule has 2 aromatic rings. The Kier molecular flexibility index (Phi) is 5.00. The number of carbonyl (C=O) groups excluding carboxylic acids is 2. The zero-order chi connectivity index (χ0) is 15.2. The van der Waals surface area contributed by atoms with Gasteiger partial charge in [0.15, 0.2) is 12.4 Å². The third-order valence-corrected chi connectivity index (χ3v) is 2.83. The third-order valence-electron chi connectivity index (χ3n) is 2.61. The summed E-state index contributed by atoms with van der Waals surface area (Å²) in [6, 6.07) is 8.14. The van der Waals surface area contributed by atoms with Crippen LogP contribution in [-0.4, -0.2) is 23.3 Å². The molecule has 0 amide bonds. The second-order valence-electron chi connectivity index (χ2n) is 4.27. The molecule has 0 saturated heterocycles. The van der Waals surface area contributed by atoms with Crippen molar-refractivity contribution in [1.82, 2.24) is 4.98 Å². The second kappa shape index (κ2) is 6.95. The highest BCUT2D eigenvalue weighted by atomic mass is 35.5. The highest BCUT2D eigenvalue weighted by molar-refractivity contribution is 6.30. The van der Waals surface area contributed by atoms with Crippen LogP contribution in [0.5, 0.6) is 0 Å². The maximum atomic E-state index is 12.7. The number of rotatable bonds is 5. The lowest BCUT2D eigenvalue weighted by Crippen LogP contribution is -2.16. The molecule has 6 heteroatoms. The molecule has 0 aliphatic rings. The van der Waals surface area contributed by atoms with Crippen molar-refractivity contribution in [3.05, 3.63) is 64.7 Å². The van der Waals surface area contributed by atoms with E-state index in [-0.39, 0.29) is 24.4 Å². The number of benzene rings is 1. The Balaban J connectivity index is 1.84. The summed E-state index contributed by atoms with van der Waals surface area (Å²) < 4.78 is 17.6. The molecule has 1 aromatic heterocycles. The molecule has 21 heavy (non-hydrogen) atoms. The van der Waals surface area contributed by atoms with Crippen LogP contribution in [0.3, 0.4) is 0 Å². The fourth-order valence-electron chi connectivity index (χ4n) is 1.58. The topological polar surface area (TPSA) is 56.3 Å². The number of ketones is 1. The molecule has 0 unspecified atom stereocenters. The first-order valence-corrected chi connectivity index (χ1v) is 6.47. The predicted molar refractivity (Wildman–Crippen MR) is 74.6 cm³/mol. The van der Waals surface area contributed by atoms with Gasteiger partial charge in [-0.25, -0.2) is 9.18 Å². The Morgan fingerprint density at radius 2 is 1.86 bits per heavy atom. The van der Waals surface area contributed by atoms with Crippen LogP contribution >= 0.6 is 11.6 Å². The Bertz CT molecular complexity index is 641. The summed E-state index contributed by atoms with van der Waals surface area (Å²) in [7, 11) is 0. The van der Waals surface area contributed by atoms with Gasteiger partial charge in [-0.2, -0.15) is 0 Å². The number of hydrogen-bond donors (Lipinski definition) is 0. The van der Waals surface area contributed by atoms with E-state index in [0.717, 1.165) is 12.1 Å². The average Bonchev–Trinajstić information content (AvgIpc) is 2.48. The number of pyridine rings is 1. The Labute approximate surface area is 125 Å². The first-order valence-electron chi connectivity index (χ1n) is 6.09. The summed E-state index contributed by atoms with van der Waals surface area (Å²) in [5.41, 5.74) is 0.732. The van der Waals surface area contributed by atoms with Gasteiger partial charge in [0.05, 0.1) is 17.0 Å². The molecular weight excluding hydrogens is 297 g/mol. The zero-order valence-electron chi connectivity index (χ0n) is 10.9. The summed E-state index contributed by atoms with van der Waals surface area (Å²) >= 11 is 5.69. The highest BCUT2D eigenvalue weighted by Crippen LogP contribution is 2.07. The average molecular weight is 308 g/mol. The van der Waals surface area contributed by atoms with Gasteiger partial charge in [0.1, 0.15) is 5.82 Å². The first-order chi connectivity index (χ1) is 10.0. The Morgan fingerprint density at radius 3 is 2.48 bits per heavy atom. The van der Waals surface area contributed by atoms with Gasteiger partial charge < -0.3 is 4.74 Å². The minimum absolute atomic E-state index is 0.0495. The van der Waals surface area contributed by atoms with Gasteiger partial charge >= 0.3 is 5.97 Å². The maximum absolute atomic E-state index is 12.7. The van der Waals surface area contributed by atoms with Gasteiger partial charge in [-0.1, -0.05) is 11.6 Å². The lowest BCUT2D eigenvalue weighted by molar-refractivity contribution is -0.121. The molecule has 0 bridgehead atoms. The van der Waals surface area contributed by atoms with Crippen molar-refractivity contribution in [2.24, 2.45) is 0 Å². The zero-order valence-corrected chi connectivity index (χ0v) is 11.6. The standard InChI is InChI=1S/C15H11ClFNO3/c16-11-3-6-13(18-8-11)7-14(19)9-21-15(20)10-1-4-12(17)5-2-10/h1-6,8H,7,9H2. The number of hydrogen-bond acceptors (Lipinski definition) is 4. The van der Waals surface area contributed by atoms with Gasteiger partial charge in [-0.15, -0.1) is 0 Å². The minimum Gasteiger partial charge on any atom is -0.454 e. The van der Waals surface area contributed by atoms with E-state index in [2.05, 4.69) is 4.98 Å². The molecule has 1 aromatic carbocycles. The molecule has 0 spiro atoms. The summed E-state index contributed by atoms with van der Waals surface area (Å²) in [5.74, 6) is -1.41. The van der Waals surface area contributed by atoms with Crippen molar-refractivity contribution in [3.8, 4) is 0 Å². The van der Waals surface area contributed by atoms with E-state index in [9.17, 15) is 14.0 Å². The maximum Gasteiger partial charge on any atom is 0.338 e. The Hall–Kier alpha value is -2.27. The number of Topliss-reactive ketones (excluding diaryl/α,β-unsaturated/α-hetero) is 1. The van der Waals surface area contributed by atoms with Gasteiger partial charge in [-0.05, 0) is 36.4 Å². The van der Waals surface area contributed by atoms with Crippen LogP contribution in [-0.2, 0) is 16.0 Å². The molecule has 0 aliphatic carbocycles. The van der Waals surface area contributed by atoms with Crippen molar-refractivity contribution in [2.45, 2.75) is 6.42 Å². The monoisotopic (exact) mass is 307 g/mol. The number of aromatic nitrogens is 1. The summed E-state index contributed by atoms with van der Waals surface area (Å²) in [6.45, 7) is -0.361. The quantitative estimate of drug-likeness (QED) is 0.797. The minimum atomic E-state index is -0.674. The third kappa shape index (κ3) is 4.65. The first kappa shape index (κ1) is 15.1. The number of esters is 1. The lowest BCUT2D eigenvalue weighted by Gasteiger charge is -2.04. The van der Waals surface area contributed by atoms with Crippen LogP contribution in [0, 0.1) is 5.82 Å². The van der Waals surface area contributed by atoms with E-state index in [1.54, 1.807) is 12.1 Å². The van der Waals surface area contributed by atoms with E-state index in [1.807, 2.05) is 0 Å². The van der Waals surface area contributed by atoms with Gasteiger partial charge in [0, 0.05) is 11.9 Å². The van der Waals surface area contributed by atoms with Crippen molar-refractivity contribution < 1.29 is 18.7 Å². The molecular formula is C15H11ClFNO3. The van der Waals surface area contributed by atoms with Crippen molar-refractivity contribution >= 4 is 23.4 Å². The van der Waals surface area contributed by atoms with E-state index < -0.39 is 11.8 Å². The summed E-state index contributed by atoms with van der Waals surface area (Å²) in [4.78, 5) is 27.3. The van der Waals surface area contributed by atoms with Crippen LogP contribution in [0.15, 0.2) is 42.6 Å². The van der Waals surface area contributed by atoms with Crippen molar-refractivity contribution in [1.29, 1.82) is 0 Å². The SMILES string of the molecule is O=C(COC(=O)c1ccc(F)cc1)Cc1ccc(Cl)cn1. The molecule has 0 saturated carbocycles. The summed E-state index contributed by atoms with van der Waals surface area (Å²) in [5, 5.41) is 0.480. The van der Waals surface area contributed by atoms with Crippen LogP contribution in [0.2, 0.25) is 5.02 Å². The van der Waals surface area contributed by atoms with Gasteiger partial charge in [-0.3, -0.25) is 9.78 Å². The molecule has 0 aliphatic heterocycles. The largest absolute Gasteiger partial charge is 0.454 e. The molecule has 0 radical (unpaired) electrons. The number of ether oxygens (including phenoxy) is 1. The predicted octanol–water partition coefficient (Wildman–Crippen LogP) is 2.84. The fraction of sp³-hybridized carbons (Fsp3) is 0.133. The molecule has 4 nitrogen and oxygen atoms in total. The van der Waals surface area contributed by atoms with Crippen molar-refractivity contribution in [3.63, 3.8) is 0 Å². The van der Waals surface area contributed by atoms with Crippen molar-refractivity contribution in [2.75, 3.05) is 6.61 Å². The van der Waals surface area contributed by atoms with Gasteiger partial charge in [0.2, 0.25) is 0 Å². The molecule has 0 atom stereocenters. The van der Waals surface area contributed by atoms with Crippen LogP contribution in [0.25, 0.3) is 0 Å². The molecule has 1 heterocycles. The van der Waals surface area contributed by atoms with E-state index in [0.29, 0.717) is 10.7 Å². The number of nitrogens with zero attached hydrogens (tertiary/aromatic N) is 1. The van der Waals surface area contributed by atoms with E-state index in [4.69, 9.17) is 16.3 Å². The van der Waals surface area contributed by atoms with Crippen LogP contribution in [0.1, 0.15) is 16.1 Å². The molecule has 2 rings (SSSR count). The smallest absolute Gasteiger partial charge is 0.338 e. The normalized spacial score (nSPS) is 10.2. The fourth-order valence-corrected chi connectivity index (χ4v) is 1.69. The molecule has 0 N–H and O–H groups in total. The van der Waals surface area contributed by atoms with Gasteiger partial charge in [0.25, 0.3) is 0 Å². The molecule has 108 valence electrons. The number of carbonyl (C=O) groups is 2. The highest BCUT2D eigenvalue weighted by Gasteiger charge is 2.11. The Morgan fingerprint density at radius 1 is 1.14 bits per heavy atom. The van der Waals surface area contributed by atoms with Crippen LogP contribution in [0.4, 0.5) is 4.39 Å². The van der Waals surface area contributed by atoms with E-state index in [1.165, 1.54) is 18.3 Å². The molecule has 0 fully saturated rings. The number of halogens is 2. The second-order valence-corrected chi connectivity index (χ2v) is 4.70. The summed E-state index contributed by atoms with van der Waals surface area (Å²) in [6.07, 6.45) is 1.49. The van der Waals surface area contributed by atoms with Crippen LogP contribution < -0.4 is 0 Å². The van der Waals surface area contributed by atoms with E-state index >= 15 is 0 Å².